The Hall–Kier alpha value is -1.30. The van der Waals surface area contributed by atoms with Crippen LogP contribution in [0.2, 0.25) is 0 Å². The molecule has 1 heterocycles. The van der Waals surface area contributed by atoms with Crippen molar-refractivity contribution >= 4 is 0 Å². The average molecular weight is 294 g/mol. The first-order chi connectivity index (χ1) is 10.1. The van der Waals surface area contributed by atoms with Crippen molar-refractivity contribution in [2.75, 3.05) is 26.2 Å². The van der Waals surface area contributed by atoms with Gasteiger partial charge in [-0.25, -0.2) is 0 Å². The molecular formula is C16H26N2O3. The van der Waals surface area contributed by atoms with Gasteiger partial charge in [0.15, 0.2) is 0 Å². The Morgan fingerprint density at radius 2 is 1.86 bits per heavy atom. The van der Waals surface area contributed by atoms with Crippen LogP contribution in [-0.2, 0) is 4.74 Å². The number of aromatic hydroxyl groups is 2. The quantitative estimate of drug-likeness (QED) is 0.699. The van der Waals surface area contributed by atoms with E-state index in [1.54, 1.807) is 12.1 Å². The minimum absolute atomic E-state index is 0.108. The second kappa shape index (κ2) is 7.64. The van der Waals surface area contributed by atoms with Crippen LogP contribution in [0.5, 0.6) is 11.5 Å². The van der Waals surface area contributed by atoms with Crippen LogP contribution in [0.1, 0.15) is 37.8 Å². The lowest BCUT2D eigenvalue weighted by Gasteiger charge is -2.36. The van der Waals surface area contributed by atoms with Gasteiger partial charge in [0, 0.05) is 31.8 Å². The Morgan fingerprint density at radius 1 is 1.24 bits per heavy atom. The standard InChI is InChI=1S/C16H26N2O3/c1-12(13-9-14(19)11-15(20)10-13)18-6-3-16(4-7-18)21-8-2-5-17/h9-12,16,19-20H,2-8,17H2,1H3. The summed E-state index contributed by atoms with van der Waals surface area (Å²) in [6, 6.07) is 4.96. The Balaban J connectivity index is 1.86. The normalized spacial score (nSPS) is 18.8. The predicted molar refractivity (Wildman–Crippen MR) is 82.4 cm³/mol. The minimum atomic E-state index is 0.108. The van der Waals surface area contributed by atoms with Crippen molar-refractivity contribution in [3.8, 4) is 11.5 Å². The van der Waals surface area contributed by atoms with Crippen molar-refractivity contribution in [1.82, 2.24) is 4.90 Å². The Bertz CT molecular complexity index is 425. The maximum Gasteiger partial charge on any atom is 0.119 e. The molecule has 1 unspecified atom stereocenters. The first-order valence-corrected chi connectivity index (χ1v) is 7.69. The molecule has 0 aromatic heterocycles. The number of nitrogens with two attached hydrogens (primary N) is 1. The Morgan fingerprint density at radius 3 is 2.43 bits per heavy atom. The molecule has 1 saturated heterocycles. The molecule has 1 fully saturated rings. The lowest BCUT2D eigenvalue weighted by Crippen LogP contribution is -2.38. The number of ether oxygens (including phenoxy) is 1. The molecule has 0 bridgehead atoms. The van der Waals surface area contributed by atoms with Crippen LogP contribution in [0.4, 0.5) is 0 Å². The van der Waals surface area contributed by atoms with Gasteiger partial charge in [-0.1, -0.05) is 0 Å². The highest BCUT2D eigenvalue weighted by atomic mass is 16.5. The lowest BCUT2D eigenvalue weighted by molar-refractivity contribution is -0.000783. The van der Waals surface area contributed by atoms with E-state index < -0.39 is 0 Å². The van der Waals surface area contributed by atoms with Gasteiger partial charge in [-0.05, 0) is 50.4 Å². The number of benzene rings is 1. The van der Waals surface area contributed by atoms with Gasteiger partial charge in [0.2, 0.25) is 0 Å². The van der Waals surface area contributed by atoms with Gasteiger partial charge >= 0.3 is 0 Å². The number of likely N-dealkylation sites (tertiary alicyclic amines) is 1. The molecule has 118 valence electrons. The fraction of sp³-hybridized carbons (Fsp3) is 0.625. The third kappa shape index (κ3) is 4.59. The molecule has 0 spiro atoms. The molecule has 0 radical (unpaired) electrons. The van der Waals surface area contributed by atoms with Gasteiger partial charge in [-0.2, -0.15) is 0 Å². The molecule has 1 aliphatic rings. The van der Waals surface area contributed by atoms with Gasteiger partial charge < -0.3 is 20.7 Å². The fourth-order valence-corrected chi connectivity index (χ4v) is 2.83. The third-order valence-corrected chi connectivity index (χ3v) is 4.13. The summed E-state index contributed by atoms with van der Waals surface area (Å²) in [5, 5.41) is 19.2. The molecule has 1 aromatic carbocycles. The Kier molecular flexibility index (Phi) is 5.85. The molecule has 4 N–H and O–H groups in total. The van der Waals surface area contributed by atoms with Crippen LogP contribution in [0.15, 0.2) is 18.2 Å². The monoisotopic (exact) mass is 294 g/mol. The zero-order valence-corrected chi connectivity index (χ0v) is 12.7. The average Bonchev–Trinajstić information content (AvgIpc) is 2.46. The van der Waals surface area contributed by atoms with E-state index in [4.69, 9.17) is 10.5 Å². The summed E-state index contributed by atoms with van der Waals surface area (Å²) >= 11 is 0. The Labute approximate surface area is 126 Å². The predicted octanol–water partition coefficient (Wildman–Crippen LogP) is 1.99. The molecule has 0 aliphatic carbocycles. The van der Waals surface area contributed by atoms with Crippen LogP contribution in [0.25, 0.3) is 0 Å². The first-order valence-electron chi connectivity index (χ1n) is 7.69. The molecule has 1 aliphatic heterocycles. The summed E-state index contributed by atoms with van der Waals surface area (Å²) in [4.78, 5) is 2.36. The molecule has 1 aromatic rings. The highest BCUT2D eigenvalue weighted by Gasteiger charge is 2.24. The molecule has 2 rings (SSSR count). The summed E-state index contributed by atoms with van der Waals surface area (Å²) in [7, 11) is 0. The molecule has 21 heavy (non-hydrogen) atoms. The number of phenolic OH excluding ortho intramolecular Hbond substituents is 2. The van der Waals surface area contributed by atoms with Gasteiger partial charge in [-0.15, -0.1) is 0 Å². The van der Waals surface area contributed by atoms with E-state index in [9.17, 15) is 10.2 Å². The van der Waals surface area contributed by atoms with Gasteiger partial charge in [0.1, 0.15) is 11.5 Å². The summed E-state index contributed by atoms with van der Waals surface area (Å²) < 4.78 is 5.81. The van der Waals surface area contributed by atoms with E-state index in [2.05, 4.69) is 11.8 Å². The fourth-order valence-electron chi connectivity index (χ4n) is 2.83. The zero-order valence-electron chi connectivity index (χ0n) is 12.7. The van der Waals surface area contributed by atoms with Crippen molar-refractivity contribution in [2.24, 2.45) is 5.73 Å². The first kappa shape index (κ1) is 16.1. The highest BCUT2D eigenvalue weighted by molar-refractivity contribution is 5.38. The van der Waals surface area contributed by atoms with Crippen LogP contribution >= 0.6 is 0 Å². The number of hydrogen-bond acceptors (Lipinski definition) is 5. The van der Waals surface area contributed by atoms with Crippen molar-refractivity contribution < 1.29 is 14.9 Å². The van der Waals surface area contributed by atoms with E-state index in [0.717, 1.165) is 44.5 Å². The number of phenols is 2. The smallest absolute Gasteiger partial charge is 0.119 e. The lowest BCUT2D eigenvalue weighted by atomic mass is 10.0. The maximum atomic E-state index is 9.59. The largest absolute Gasteiger partial charge is 0.508 e. The van der Waals surface area contributed by atoms with Crippen LogP contribution < -0.4 is 5.73 Å². The number of rotatable bonds is 6. The van der Waals surface area contributed by atoms with Gasteiger partial charge in [-0.3, -0.25) is 4.90 Å². The molecule has 0 saturated carbocycles. The van der Waals surface area contributed by atoms with E-state index in [0.29, 0.717) is 12.6 Å². The molecule has 1 atom stereocenters. The topological polar surface area (TPSA) is 79.0 Å². The summed E-state index contributed by atoms with van der Waals surface area (Å²) in [6.07, 6.45) is 3.27. The van der Waals surface area contributed by atoms with Crippen LogP contribution in [0.3, 0.4) is 0 Å². The van der Waals surface area contributed by atoms with Gasteiger partial charge in [0.25, 0.3) is 0 Å². The number of nitrogens with zero attached hydrogens (tertiary/aromatic N) is 1. The second-order valence-electron chi connectivity index (χ2n) is 5.71. The van der Waals surface area contributed by atoms with Crippen LogP contribution in [0, 0.1) is 0 Å². The number of piperidine rings is 1. The molecule has 5 heteroatoms. The number of hydrogen-bond donors (Lipinski definition) is 3. The maximum absolute atomic E-state index is 9.59. The summed E-state index contributed by atoms with van der Waals surface area (Å²) in [6.45, 7) is 5.45. The van der Waals surface area contributed by atoms with Crippen molar-refractivity contribution in [3.05, 3.63) is 23.8 Å². The molecule has 5 nitrogen and oxygen atoms in total. The SMILES string of the molecule is CC(c1cc(O)cc(O)c1)N1CCC(OCCCN)CC1. The van der Waals surface area contributed by atoms with E-state index >= 15 is 0 Å². The second-order valence-corrected chi connectivity index (χ2v) is 5.71. The van der Waals surface area contributed by atoms with Gasteiger partial charge in [0.05, 0.1) is 6.10 Å². The van der Waals surface area contributed by atoms with Crippen molar-refractivity contribution in [1.29, 1.82) is 0 Å². The van der Waals surface area contributed by atoms with Crippen LogP contribution in [-0.4, -0.2) is 47.5 Å². The van der Waals surface area contributed by atoms with Crippen molar-refractivity contribution in [3.63, 3.8) is 0 Å². The zero-order chi connectivity index (χ0) is 15.2. The molecular weight excluding hydrogens is 268 g/mol. The molecule has 0 amide bonds. The van der Waals surface area contributed by atoms with E-state index in [1.807, 2.05) is 0 Å². The minimum Gasteiger partial charge on any atom is -0.508 e. The highest BCUT2D eigenvalue weighted by Crippen LogP contribution is 2.30. The third-order valence-electron chi connectivity index (χ3n) is 4.13. The summed E-state index contributed by atoms with van der Waals surface area (Å²) in [5.74, 6) is 0.216. The van der Waals surface area contributed by atoms with E-state index in [-0.39, 0.29) is 17.5 Å². The van der Waals surface area contributed by atoms with Crippen molar-refractivity contribution in [2.45, 2.75) is 38.3 Å². The van der Waals surface area contributed by atoms with E-state index in [1.165, 1.54) is 6.07 Å². The summed E-state index contributed by atoms with van der Waals surface area (Å²) in [5.41, 5.74) is 6.41.